The third-order valence-corrected chi connectivity index (χ3v) is 2.44. The average Bonchev–Trinajstić information content (AvgIpc) is 2.86. The summed E-state index contributed by atoms with van der Waals surface area (Å²) >= 11 is 5.52. The molecule has 0 aromatic carbocycles. The lowest BCUT2D eigenvalue weighted by molar-refractivity contribution is -0.131. The summed E-state index contributed by atoms with van der Waals surface area (Å²) in [5.41, 5.74) is 0. The fourth-order valence-electron chi connectivity index (χ4n) is 1.39. The van der Waals surface area contributed by atoms with Gasteiger partial charge >= 0.3 is 0 Å². The van der Waals surface area contributed by atoms with Crippen molar-refractivity contribution >= 4 is 17.5 Å². The van der Waals surface area contributed by atoms with Crippen LogP contribution in [0.3, 0.4) is 0 Å². The van der Waals surface area contributed by atoms with Gasteiger partial charge in [0.2, 0.25) is 5.91 Å². The minimum Gasteiger partial charge on any atom is -0.340 e. The molecular formula is C9H16ClNO. The number of carbonyl (C=O) groups excluding carboxylic acids is 1. The van der Waals surface area contributed by atoms with Gasteiger partial charge in [-0.25, -0.2) is 0 Å². The van der Waals surface area contributed by atoms with E-state index in [9.17, 15) is 4.79 Å². The Hall–Kier alpha value is -0.240. The van der Waals surface area contributed by atoms with Crippen LogP contribution in [0.1, 0.15) is 32.6 Å². The molecule has 0 radical (unpaired) electrons. The van der Waals surface area contributed by atoms with Crippen molar-refractivity contribution in [2.24, 2.45) is 0 Å². The molecule has 1 saturated carbocycles. The molecule has 2 nitrogen and oxygen atoms in total. The lowest BCUT2D eigenvalue weighted by atomic mass is 10.3. The Morgan fingerprint density at radius 2 is 2.25 bits per heavy atom. The molecule has 3 heteroatoms. The number of amides is 1. The molecule has 1 rings (SSSR count). The van der Waals surface area contributed by atoms with Crippen molar-refractivity contribution in [2.75, 3.05) is 12.4 Å². The average molecular weight is 190 g/mol. The van der Waals surface area contributed by atoms with Gasteiger partial charge in [0.05, 0.1) is 0 Å². The van der Waals surface area contributed by atoms with E-state index in [2.05, 4.69) is 0 Å². The van der Waals surface area contributed by atoms with Crippen molar-refractivity contribution in [3.8, 4) is 0 Å². The van der Waals surface area contributed by atoms with Crippen LogP contribution in [-0.2, 0) is 4.79 Å². The Labute approximate surface area is 78.9 Å². The summed E-state index contributed by atoms with van der Waals surface area (Å²) in [6.07, 6.45) is 3.82. The van der Waals surface area contributed by atoms with Crippen molar-refractivity contribution in [1.29, 1.82) is 0 Å². The number of nitrogens with zero attached hydrogens (tertiary/aromatic N) is 1. The minimum absolute atomic E-state index is 0.278. The Kier molecular flexibility index (Phi) is 3.86. The number of hydrogen-bond acceptors (Lipinski definition) is 1. The summed E-state index contributed by atoms with van der Waals surface area (Å²) in [6, 6.07) is 0.554. The molecule has 1 amide bonds. The molecule has 1 aliphatic carbocycles. The van der Waals surface area contributed by atoms with Crippen LogP contribution in [-0.4, -0.2) is 29.3 Å². The smallest absolute Gasteiger partial charge is 0.222 e. The molecule has 0 bridgehead atoms. The molecule has 0 aliphatic heterocycles. The Bertz CT molecular complexity index is 157. The molecule has 0 atom stereocenters. The van der Waals surface area contributed by atoms with Gasteiger partial charge in [0.1, 0.15) is 0 Å². The minimum atomic E-state index is 0.278. The van der Waals surface area contributed by atoms with Crippen LogP contribution in [0, 0.1) is 0 Å². The molecule has 1 aliphatic rings. The van der Waals surface area contributed by atoms with Gasteiger partial charge in [-0.15, -0.1) is 11.6 Å². The molecule has 1 fully saturated rings. The Morgan fingerprint density at radius 3 is 2.67 bits per heavy atom. The van der Waals surface area contributed by atoms with E-state index in [0.717, 1.165) is 13.0 Å². The lowest BCUT2D eigenvalue weighted by Gasteiger charge is -2.19. The summed E-state index contributed by atoms with van der Waals surface area (Å²) in [4.78, 5) is 13.5. The number of alkyl halides is 1. The standard InChI is InChI=1S/C9H16ClNO/c1-2-11(8-5-6-8)9(12)4-3-7-10/h8H,2-7H2,1H3. The molecule has 0 aromatic heterocycles. The van der Waals surface area contributed by atoms with Crippen LogP contribution < -0.4 is 0 Å². The summed E-state index contributed by atoms with van der Waals surface area (Å²) in [6.45, 7) is 2.89. The first-order valence-electron chi connectivity index (χ1n) is 4.65. The number of rotatable bonds is 5. The van der Waals surface area contributed by atoms with Crippen molar-refractivity contribution in [3.05, 3.63) is 0 Å². The highest BCUT2D eigenvalue weighted by Crippen LogP contribution is 2.27. The van der Waals surface area contributed by atoms with E-state index in [-0.39, 0.29) is 5.91 Å². The van der Waals surface area contributed by atoms with Crippen molar-refractivity contribution in [2.45, 2.75) is 38.6 Å². The molecular weight excluding hydrogens is 174 g/mol. The second kappa shape index (κ2) is 4.70. The van der Waals surface area contributed by atoms with E-state index in [1.807, 2.05) is 11.8 Å². The van der Waals surface area contributed by atoms with Crippen LogP contribution in [0.4, 0.5) is 0 Å². The van der Waals surface area contributed by atoms with E-state index in [1.165, 1.54) is 12.8 Å². The first-order chi connectivity index (χ1) is 5.79. The monoisotopic (exact) mass is 189 g/mol. The number of carbonyl (C=O) groups is 1. The number of halogens is 1. The fourth-order valence-corrected chi connectivity index (χ4v) is 1.52. The van der Waals surface area contributed by atoms with E-state index < -0.39 is 0 Å². The predicted octanol–water partition coefficient (Wildman–Crippen LogP) is 2.02. The van der Waals surface area contributed by atoms with Crippen molar-refractivity contribution in [1.82, 2.24) is 4.90 Å². The van der Waals surface area contributed by atoms with Crippen LogP contribution in [0.5, 0.6) is 0 Å². The third kappa shape index (κ3) is 2.67. The van der Waals surface area contributed by atoms with Crippen molar-refractivity contribution in [3.63, 3.8) is 0 Å². The highest BCUT2D eigenvalue weighted by atomic mass is 35.5. The van der Waals surface area contributed by atoms with Gasteiger partial charge in [-0.05, 0) is 26.2 Å². The zero-order chi connectivity index (χ0) is 8.97. The first kappa shape index (κ1) is 9.85. The first-order valence-corrected chi connectivity index (χ1v) is 5.18. The SMILES string of the molecule is CCN(C(=O)CCCCl)C1CC1. The maximum absolute atomic E-state index is 11.5. The Balaban J connectivity index is 2.26. The molecule has 0 heterocycles. The molecule has 70 valence electrons. The van der Waals surface area contributed by atoms with Crippen LogP contribution in [0.25, 0.3) is 0 Å². The topological polar surface area (TPSA) is 20.3 Å². The third-order valence-electron chi connectivity index (χ3n) is 2.17. The maximum Gasteiger partial charge on any atom is 0.222 e. The normalized spacial score (nSPS) is 16.2. The second-order valence-electron chi connectivity index (χ2n) is 3.20. The maximum atomic E-state index is 11.5. The van der Waals surface area contributed by atoms with E-state index in [0.29, 0.717) is 18.3 Å². The molecule has 0 spiro atoms. The highest BCUT2D eigenvalue weighted by molar-refractivity contribution is 6.17. The molecule has 0 aromatic rings. The van der Waals surface area contributed by atoms with Crippen LogP contribution >= 0.6 is 11.6 Å². The number of hydrogen-bond donors (Lipinski definition) is 0. The summed E-state index contributed by atoms with van der Waals surface area (Å²) in [5.74, 6) is 0.870. The zero-order valence-electron chi connectivity index (χ0n) is 7.55. The van der Waals surface area contributed by atoms with Gasteiger partial charge in [0.25, 0.3) is 0 Å². The van der Waals surface area contributed by atoms with Gasteiger partial charge in [0, 0.05) is 24.9 Å². The predicted molar refractivity (Wildman–Crippen MR) is 50.4 cm³/mol. The molecule has 0 saturated heterocycles. The van der Waals surface area contributed by atoms with Gasteiger partial charge in [-0.1, -0.05) is 0 Å². The lowest BCUT2D eigenvalue weighted by Crippen LogP contribution is -2.32. The van der Waals surface area contributed by atoms with Crippen LogP contribution in [0.2, 0.25) is 0 Å². The van der Waals surface area contributed by atoms with E-state index in [1.54, 1.807) is 0 Å². The van der Waals surface area contributed by atoms with Gasteiger partial charge in [-0.3, -0.25) is 4.79 Å². The molecule has 0 unspecified atom stereocenters. The van der Waals surface area contributed by atoms with Gasteiger partial charge in [-0.2, -0.15) is 0 Å². The zero-order valence-corrected chi connectivity index (χ0v) is 8.31. The fraction of sp³-hybridized carbons (Fsp3) is 0.889. The van der Waals surface area contributed by atoms with Crippen molar-refractivity contribution < 1.29 is 4.79 Å². The van der Waals surface area contributed by atoms with Gasteiger partial charge in [0.15, 0.2) is 0 Å². The highest BCUT2D eigenvalue weighted by Gasteiger charge is 2.30. The summed E-state index contributed by atoms with van der Waals surface area (Å²) in [7, 11) is 0. The largest absolute Gasteiger partial charge is 0.340 e. The molecule has 12 heavy (non-hydrogen) atoms. The second-order valence-corrected chi connectivity index (χ2v) is 3.58. The Morgan fingerprint density at radius 1 is 1.58 bits per heavy atom. The van der Waals surface area contributed by atoms with Crippen LogP contribution in [0.15, 0.2) is 0 Å². The van der Waals surface area contributed by atoms with Gasteiger partial charge < -0.3 is 4.90 Å². The quantitative estimate of drug-likeness (QED) is 0.606. The summed E-state index contributed by atoms with van der Waals surface area (Å²) < 4.78 is 0. The van der Waals surface area contributed by atoms with E-state index in [4.69, 9.17) is 11.6 Å². The molecule has 0 N–H and O–H groups in total. The summed E-state index contributed by atoms with van der Waals surface area (Å²) in [5, 5.41) is 0. The van der Waals surface area contributed by atoms with E-state index >= 15 is 0 Å².